The standard InChI is InChI=1S/C30H20N4O3S/c35-38(36,37)30-27-13-11-22(33-27)17-20-9-8-19(31-20)16-21-10-12-25(32-21)29(26-14-15-28(30)34-26)24-7-3-5-18-4-1-2-6-23(18)24/h1-17,31-32H,(H,35,36,37). The Morgan fingerprint density at radius 1 is 0.658 bits per heavy atom. The summed E-state index contributed by atoms with van der Waals surface area (Å²) < 4.78 is 35.3. The average molecular weight is 517 g/mol. The van der Waals surface area contributed by atoms with Crippen LogP contribution in [0.15, 0.2) is 83.8 Å². The Balaban J connectivity index is 1.68. The predicted octanol–water partition coefficient (Wildman–Crippen LogP) is 6.72. The minimum absolute atomic E-state index is 0.123. The Hall–Kier alpha value is -4.79. The number of hydrogen-bond donors (Lipinski definition) is 3. The molecule has 0 atom stereocenters. The Morgan fingerprint density at radius 3 is 2.21 bits per heavy atom. The summed E-state index contributed by atoms with van der Waals surface area (Å²) in [6.45, 7) is 0. The zero-order valence-corrected chi connectivity index (χ0v) is 20.7. The number of aromatic nitrogens is 4. The number of rotatable bonds is 2. The molecule has 0 fully saturated rings. The van der Waals surface area contributed by atoms with Gasteiger partial charge in [-0.2, -0.15) is 8.42 Å². The Labute approximate surface area is 217 Å². The smallest absolute Gasteiger partial charge is 0.298 e. The molecule has 5 aromatic rings. The number of hydrogen-bond acceptors (Lipinski definition) is 4. The lowest BCUT2D eigenvalue weighted by atomic mass is 9.97. The van der Waals surface area contributed by atoms with Gasteiger partial charge in [0.05, 0.1) is 22.8 Å². The molecule has 0 saturated carbocycles. The van der Waals surface area contributed by atoms with Crippen molar-refractivity contribution < 1.29 is 13.0 Å². The summed E-state index contributed by atoms with van der Waals surface area (Å²) in [7, 11) is -4.63. The van der Waals surface area contributed by atoms with Crippen LogP contribution in [0.2, 0.25) is 0 Å². The molecule has 3 N–H and O–H groups in total. The van der Waals surface area contributed by atoms with Crippen molar-refractivity contribution in [1.29, 1.82) is 0 Å². The first kappa shape index (κ1) is 22.4. The predicted molar refractivity (Wildman–Crippen MR) is 152 cm³/mol. The highest BCUT2D eigenvalue weighted by molar-refractivity contribution is 7.86. The van der Waals surface area contributed by atoms with Gasteiger partial charge in [-0.05, 0) is 77.0 Å². The van der Waals surface area contributed by atoms with Crippen molar-refractivity contribution in [2.24, 2.45) is 0 Å². The first-order chi connectivity index (χ1) is 18.4. The highest BCUT2D eigenvalue weighted by Crippen LogP contribution is 2.36. The van der Waals surface area contributed by atoms with Gasteiger partial charge in [0.1, 0.15) is 4.90 Å². The molecule has 2 aromatic carbocycles. The Bertz CT molecular complexity index is 2110. The summed E-state index contributed by atoms with van der Waals surface area (Å²) in [6, 6.07) is 25.9. The topological polar surface area (TPSA) is 112 Å². The largest absolute Gasteiger partial charge is 0.355 e. The van der Waals surface area contributed by atoms with Gasteiger partial charge in [0.15, 0.2) is 0 Å². The number of benzene rings is 2. The summed E-state index contributed by atoms with van der Waals surface area (Å²) >= 11 is 0. The van der Waals surface area contributed by atoms with E-state index in [1.54, 1.807) is 24.3 Å². The van der Waals surface area contributed by atoms with Gasteiger partial charge < -0.3 is 9.97 Å². The van der Waals surface area contributed by atoms with E-state index in [1.807, 2.05) is 60.7 Å². The molecule has 2 aliphatic rings. The summed E-state index contributed by atoms with van der Waals surface area (Å²) in [4.78, 5) is 15.7. The molecule has 0 spiro atoms. The summed E-state index contributed by atoms with van der Waals surface area (Å²) in [6.07, 6.45) is 6.65. The second kappa shape index (κ2) is 8.37. The molecule has 38 heavy (non-hydrogen) atoms. The maximum atomic E-state index is 12.6. The van der Waals surface area contributed by atoms with E-state index in [2.05, 4.69) is 33.2 Å². The zero-order chi connectivity index (χ0) is 25.9. The molecule has 3 aromatic heterocycles. The van der Waals surface area contributed by atoms with Crippen LogP contribution in [-0.4, -0.2) is 32.9 Å². The van der Waals surface area contributed by atoms with E-state index in [4.69, 9.17) is 4.98 Å². The third kappa shape index (κ3) is 3.83. The van der Waals surface area contributed by atoms with Crippen LogP contribution >= 0.6 is 0 Å². The fraction of sp³-hybridized carbons (Fsp3) is 0. The Morgan fingerprint density at radius 2 is 1.34 bits per heavy atom. The SMILES string of the molecule is O=S(=O)(O)c1c2nc(cc3ccc(cc4ccc([nH]4)c(-c4cccc5ccccc45)c4nc1C=C4)[nH]3)C=C2. The number of aromatic amines is 2. The van der Waals surface area contributed by atoms with Crippen LogP contribution in [0, 0.1) is 0 Å². The first-order valence-electron chi connectivity index (χ1n) is 12.0. The number of H-pyrrole nitrogens is 2. The highest BCUT2D eigenvalue weighted by Gasteiger charge is 2.23. The van der Waals surface area contributed by atoms with Crippen molar-refractivity contribution in [1.82, 2.24) is 19.9 Å². The number of fused-ring (bicyclic) bond motifs is 9. The minimum atomic E-state index is -4.63. The van der Waals surface area contributed by atoms with Gasteiger partial charge in [-0.15, -0.1) is 0 Å². The molecule has 0 saturated heterocycles. The van der Waals surface area contributed by atoms with E-state index < -0.39 is 10.1 Å². The number of nitrogens with zero attached hydrogens (tertiary/aromatic N) is 2. The molecule has 8 bridgehead atoms. The van der Waals surface area contributed by atoms with Crippen molar-refractivity contribution >= 4 is 67.3 Å². The van der Waals surface area contributed by atoms with Gasteiger partial charge in [0, 0.05) is 27.6 Å². The van der Waals surface area contributed by atoms with Crippen LogP contribution in [0.5, 0.6) is 0 Å². The van der Waals surface area contributed by atoms with Gasteiger partial charge in [-0.3, -0.25) is 4.55 Å². The lowest BCUT2D eigenvalue weighted by molar-refractivity contribution is 0.482. The molecule has 7 rings (SSSR count). The molecule has 7 nitrogen and oxygen atoms in total. The minimum Gasteiger partial charge on any atom is -0.355 e. The normalized spacial score (nSPS) is 12.9. The van der Waals surface area contributed by atoms with Crippen molar-refractivity contribution in [3.63, 3.8) is 0 Å². The second-order valence-electron chi connectivity index (χ2n) is 9.16. The van der Waals surface area contributed by atoms with E-state index in [-0.39, 0.29) is 16.3 Å². The third-order valence-electron chi connectivity index (χ3n) is 6.66. The lowest BCUT2D eigenvalue weighted by Crippen LogP contribution is -2.03. The second-order valence-corrected chi connectivity index (χ2v) is 10.5. The molecule has 184 valence electrons. The molecule has 0 unspecified atom stereocenters. The van der Waals surface area contributed by atoms with E-state index in [1.165, 1.54) is 0 Å². The maximum Gasteiger partial charge on any atom is 0.298 e. The summed E-state index contributed by atoms with van der Waals surface area (Å²) in [5.41, 5.74) is 6.55. The van der Waals surface area contributed by atoms with E-state index in [0.717, 1.165) is 44.0 Å². The average Bonchev–Trinajstić information content (AvgIpc) is 3.69. The van der Waals surface area contributed by atoms with Gasteiger partial charge in [-0.1, -0.05) is 42.5 Å². The monoisotopic (exact) mass is 516 g/mol. The molecule has 0 aliphatic carbocycles. The van der Waals surface area contributed by atoms with Gasteiger partial charge in [0.2, 0.25) is 0 Å². The molecular formula is C30H20N4O3S. The van der Waals surface area contributed by atoms with Crippen LogP contribution in [-0.2, 0) is 10.1 Å². The van der Waals surface area contributed by atoms with Gasteiger partial charge in [0.25, 0.3) is 10.1 Å². The van der Waals surface area contributed by atoms with E-state index in [9.17, 15) is 13.0 Å². The molecule has 0 amide bonds. The zero-order valence-electron chi connectivity index (χ0n) is 19.9. The van der Waals surface area contributed by atoms with Crippen LogP contribution in [0.4, 0.5) is 0 Å². The molecule has 2 aliphatic heterocycles. The maximum absolute atomic E-state index is 12.6. The summed E-state index contributed by atoms with van der Waals surface area (Å²) in [5.74, 6) is 0. The van der Waals surface area contributed by atoms with Crippen molar-refractivity contribution in [3.8, 4) is 11.1 Å². The third-order valence-corrected chi connectivity index (χ3v) is 7.60. The summed E-state index contributed by atoms with van der Waals surface area (Å²) in [5, 5.41) is 2.11. The van der Waals surface area contributed by atoms with Gasteiger partial charge in [-0.25, -0.2) is 9.97 Å². The van der Waals surface area contributed by atoms with Gasteiger partial charge >= 0.3 is 0 Å². The highest BCUT2D eigenvalue weighted by atomic mass is 32.2. The molecule has 0 radical (unpaired) electrons. The lowest BCUT2D eigenvalue weighted by Gasteiger charge is -2.08. The van der Waals surface area contributed by atoms with Crippen LogP contribution in [0.3, 0.4) is 0 Å². The first-order valence-corrected chi connectivity index (χ1v) is 13.4. The van der Waals surface area contributed by atoms with Crippen molar-refractivity contribution in [3.05, 3.63) is 102 Å². The fourth-order valence-electron chi connectivity index (χ4n) is 5.04. The van der Waals surface area contributed by atoms with E-state index >= 15 is 0 Å². The van der Waals surface area contributed by atoms with Crippen LogP contribution in [0.25, 0.3) is 68.3 Å². The Kier molecular flexibility index (Phi) is 4.94. The van der Waals surface area contributed by atoms with E-state index in [0.29, 0.717) is 11.4 Å². The molecule has 8 heteroatoms. The van der Waals surface area contributed by atoms with Crippen LogP contribution < -0.4 is 0 Å². The molecule has 5 heterocycles. The van der Waals surface area contributed by atoms with Crippen LogP contribution in [0.1, 0.15) is 22.8 Å². The van der Waals surface area contributed by atoms with Crippen molar-refractivity contribution in [2.45, 2.75) is 4.90 Å². The fourth-order valence-corrected chi connectivity index (χ4v) is 5.80. The van der Waals surface area contributed by atoms with Crippen molar-refractivity contribution in [2.75, 3.05) is 0 Å². The quantitative estimate of drug-likeness (QED) is 0.221. The number of nitrogens with one attached hydrogen (secondary N) is 2. The molecular weight excluding hydrogens is 496 g/mol.